The summed E-state index contributed by atoms with van der Waals surface area (Å²) in [4.78, 5) is 13.3. The molecule has 3 rings (SSSR count). The summed E-state index contributed by atoms with van der Waals surface area (Å²) < 4.78 is 12.9. The molecule has 8 heteroatoms. The van der Waals surface area contributed by atoms with Gasteiger partial charge in [-0.15, -0.1) is 10.2 Å². The molecule has 1 heterocycles. The average molecular weight is 346 g/mol. The van der Waals surface area contributed by atoms with E-state index >= 15 is 0 Å². The number of aryl methyl sites for hydroxylation is 1. The van der Waals surface area contributed by atoms with E-state index < -0.39 is 0 Å². The number of rotatable bonds is 4. The zero-order valence-corrected chi connectivity index (χ0v) is 13.5. The minimum atomic E-state index is -0.345. The standard InChI is InChI=1S/C16H13ClFN5O/c1-10-2-5-12(17)8-14(10)19-15(24)9-23-21-16(20-22-23)11-3-6-13(18)7-4-11/h2-8H,9H2,1H3,(H,19,24). The zero-order chi connectivity index (χ0) is 17.1. The van der Waals surface area contributed by atoms with E-state index in [-0.39, 0.29) is 18.3 Å². The van der Waals surface area contributed by atoms with Crippen LogP contribution in [0.25, 0.3) is 11.4 Å². The van der Waals surface area contributed by atoms with Gasteiger partial charge in [0.05, 0.1) is 0 Å². The molecular weight excluding hydrogens is 333 g/mol. The Morgan fingerprint density at radius 3 is 2.75 bits per heavy atom. The van der Waals surface area contributed by atoms with Gasteiger partial charge in [-0.2, -0.15) is 4.80 Å². The number of tetrazole rings is 1. The molecule has 2 aromatic carbocycles. The Morgan fingerprint density at radius 1 is 1.25 bits per heavy atom. The van der Waals surface area contributed by atoms with Gasteiger partial charge in [-0.25, -0.2) is 4.39 Å². The number of carbonyl (C=O) groups excluding carboxylic acids is 1. The van der Waals surface area contributed by atoms with Crippen LogP contribution in [0.4, 0.5) is 10.1 Å². The normalized spacial score (nSPS) is 10.6. The summed E-state index contributed by atoms with van der Waals surface area (Å²) in [7, 11) is 0. The van der Waals surface area contributed by atoms with Gasteiger partial charge in [0, 0.05) is 16.3 Å². The van der Waals surface area contributed by atoms with Crippen LogP contribution in [0, 0.1) is 12.7 Å². The Kier molecular flexibility index (Phi) is 4.52. The van der Waals surface area contributed by atoms with Crippen molar-refractivity contribution in [3.8, 4) is 11.4 Å². The lowest BCUT2D eigenvalue weighted by atomic mass is 10.2. The molecule has 0 radical (unpaired) electrons. The third kappa shape index (κ3) is 3.75. The molecule has 0 aliphatic heterocycles. The van der Waals surface area contributed by atoms with Gasteiger partial charge in [-0.1, -0.05) is 17.7 Å². The van der Waals surface area contributed by atoms with E-state index in [9.17, 15) is 9.18 Å². The van der Waals surface area contributed by atoms with Crippen molar-refractivity contribution in [1.29, 1.82) is 0 Å². The molecule has 0 unspecified atom stereocenters. The van der Waals surface area contributed by atoms with Crippen molar-refractivity contribution in [2.45, 2.75) is 13.5 Å². The molecule has 0 bridgehead atoms. The number of anilines is 1. The van der Waals surface area contributed by atoms with Crippen LogP contribution in [0.3, 0.4) is 0 Å². The Balaban J connectivity index is 1.69. The molecule has 1 amide bonds. The molecule has 0 spiro atoms. The highest BCUT2D eigenvalue weighted by Crippen LogP contribution is 2.20. The van der Waals surface area contributed by atoms with Gasteiger partial charge in [0.25, 0.3) is 0 Å². The molecule has 24 heavy (non-hydrogen) atoms. The van der Waals surface area contributed by atoms with Crippen LogP contribution in [0.5, 0.6) is 0 Å². The maximum absolute atomic E-state index is 12.9. The predicted molar refractivity (Wildman–Crippen MR) is 88.0 cm³/mol. The molecule has 6 nitrogen and oxygen atoms in total. The lowest BCUT2D eigenvalue weighted by Gasteiger charge is -2.08. The smallest absolute Gasteiger partial charge is 0.248 e. The van der Waals surface area contributed by atoms with E-state index in [2.05, 4.69) is 20.7 Å². The Hall–Kier alpha value is -2.80. The van der Waals surface area contributed by atoms with Gasteiger partial charge in [0.1, 0.15) is 12.4 Å². The van der Waals surface area contributed by atoms with Crippen molar-refractivity contribution in [2.75, 3.05) is 5.32 Å². The number of amides is 1. The molecular formula is C16H13ClFN5O. The molecule has 3 aromatic rings. The molecule has 1 aromatic heterocycles. The molecule has 0 saturated heterocycles. The second-order valence-corrected chi connectivity index (χ2v) is 5.59. The second kappa shape index (κ2) is 6.76. The fourth-order valence-electron chi connectivity index (χ4n) is 2.07. The predicted octanol–water partition coefficient (Wildman–Crippen LogP) is 3.08. The summed E-state index contributed by atoms with van der Waals surface area (Å²) in [6.07, 6.45) is 0. The lowest BCUT2D eigenvalue weighted by Crippen LogP contribution is -2.21. The van der Waals surface area contributed by atoms with E-state index in [1.807, 2.05) is 13.0 Å². The van der Waals surface area contributed by atoms with Gasteiger partial charge >= 0.3 is 0 Å². The molecule has 0 fully saturated rings. The van der Waals surface area contributed by atoms with Crippen molar-refractivity contribution in [3.63, 3.8) is 0 Å². The van der Waals surface area contributed by atoms with Gasteiger partial charge in [-0.05, 0) is 54.1 Å². The SMILES string of the molecule is Cc1ccc(Cl)cc1NC(=O)Cn1nnc(-c2ccc(F)cc2)n1. The summed E-state index contributed by atoms with van der Waals surface area (Å²) in [5.41, 5.74) is 2.14. The van der Waals surface area contributed by atoms with Crippen molar-refractivity contribution >= 4 is 23.2 Å². The number of aromatic nitrogens is 4. The van der Waals surface area contributed by atoms with Gasteiger partial charge in [0.2, 0.25) is 11.7 Å². The average Bonchev–Trinajstić information content (AvgIpc) is 3.00. The van der Waals surface area contributed by atoms with Crippen LogP contribution < -0.4 is 5.32 Å². The van der Waals surface area contributed by atoms with E-state index in [0.29, 0.717) is 22.1 Å². The first-order chi connectivity index (χ1) is 11.5. The summed E-state index contributed by atoms with van der Waals surface area (Å²) in [5, 5.41) is 15.1. The van der Waals surface area contributed by atoms with E-state index in [0.717, 1.165) is 5.56 Å². The van der Waals surface area contributed by atoms with E-state index in [1.54, 1.807) is 24.3 Å². The Bertz CT molecular complexity index is 878. The zero-order valence-electron chi connectivity index (χ0n) is 12.7. The van der Waals surface area contributed by atoms with Gasteiger partial charge in [0.15, 0.2) is 0 Å². The van der Waals surface area contributed by atoms with Crippen LogP contribution in [-0.4, -0.2) is 26.1 Å². The van der Waals surface area contributed by atoms with Gasteiger partial charge in [-0.3, -0.25) is 4.79 Å². The molecule has 122 valence electrons. The van der Waals surface area contributed by atoms with Crippen LogP contribution >= 0.6 is 11.6 Å². The first-order valence-electron chi connectivity index (χ1n) is 7.11. The fraction of sp³-hybridized carbons (Fsp3) is 0.125. The number of hydrogen-bond donors (Lipinski definition) is 1. The highest BCUT2D eigenvalue weighted by atomic mass is 35.5. The third-order valence-corrected chi connectivity index (χ3v) is 3.55. The second-order valence-electron chi connectivity index (χ2n) is 5.16. The number of nitrogens with one attached hydrogen (secondary N) is 1. The first kappa shape index (κ1) is 16.1. The first-order valence-corrected chi connectivity index (χ1v) is 7.49. The summed E-state index contributed by atoms with van der Waals surface area (Å²) in [5.74, 6) is -0.326. The number of benzene rings is 2. The lowest BCUT2D eigenvalue weighted by molar-refractivity contribution is -0.117. The number of halogens is 2. The van der Waals surface area contributed by atoms with Crippen LogP contribution in [0.1, 0.15) is 5.56 Å². The molecule has 0 aliphatic rings. The monoisotopic (exact) mass is 345 g/mol. The molecule has 0 atom stereocenters. The van der Waals surface area contributed by atoms with E-state index in [4.69, 9.17) is 11.6 Å². The number of hydrogen-bond acceptors (Lipinski definition) is 4. The van der Waals surface area contributed by atoms with Crippen LogP contribution in [-0.2, 0) is 11.3 Å². The van der Waals surface area contributed by atoms with Crippen LogP contribution in [0.2, 0.25) is 5.02 Å². The van der Waals surface area contributed by atoms with Crippen molar-refractivity contribution in [1.82, 2.24) is 20.2 Å². The summed E-state index contributed by atoms with van der Waals surface area (Å²) in [6, 6.07) is 11.0. The maximum Gasteiger partial charge on any atom is 0.248 e. The topological polar surface area (TPSA) is 72.7 Å². The summed E-state index contributed by atoms with van der Waals surface area (Å²) >= 11 is 5.92. The largest absolute Gasteiger partial charge is 0.324 e. The molecule has 0 saturated carbocycles. The minimum absolute atomic E-state index is 0.0971. The van der Waals surface area contributed by atoms with E-state index in [1.165, 1.54) is 16.9 Å². The third-order valence-electron chi connectivity index (χ3n) is 3.31. The highest BCUT2D eigenvalue weighted by Gasteiger charge is 2.11. The van der Waals surface area contributed by atoms with Crippen LogP contribution in [0.15, 0.2) is 42.5 Å². The maximum atomic E-state index is 12.9. The fourth-order valence-corrected chi connectivity index (χ4v) is 2.24. The summed E-state index contributed by atoms with van der Waals surface area (Å²) in [6.45, 7) is 1.77. The van der Waals surface area contributed by atoms with Crippen molar-refractivity contribution in [2.24, 2.45) is 0 Å². The Labute approximate surface area is 142 Å². The number of carbonyl (C=O) groups is 1. The number of nitrogens with zero attached hydrogens (tertiary/aromatic N) is 4. The van der Waals surface area contributed by atoms with Crippen molar-refractivity contribution in [3.05, 3.63) is 58.9 Å². The Morgan fingerprint density at radius 2 is 2.00 bits per heavy atom. The molecule has 0 aliphatic carbocycles. The highest BCUT2D eigenvalue weighted by molar-refractivity contribution is 6.31. The quantitative estimate of drug-likeness (QED) is 0.788. The minimum Gasteiger partial charge on any atom is -0.324 e. The molecule has 1 N–H and O–H groups in total. The van der Waals surface area contributed by atoms with Gasteiger partial charge < -0.3 is 5.32 Å². The van der Waals surface area contributed by atoms with Crippen molar-refractivity contribution < 1.29 is 9.18 Å².